The zero-order valence-electron chi connectivity index (χ0n) is 11.9. The third-order valence-electron chi connectivity index (χ3n) is 3.05. The number of carbonyl (C=O) groups is 1. The van der Waals surface area contributed by atoms with Crippen LogP contribution in [0.2, 0.25) is 0 Å². The maximum absolute atomic E-state index is 12.1. The average molecular weight is 273 g/mol. The molecule has 2 rings (SSSR count). The molecule has 6 heteroatoms. The summed E-state index contributed by atoms with van der Waals surface area (Å²) in [6.07, 6.45) is 1.44. The minimum atomic E-state index is -0.147. The van der Waals surface area contributed by atoms with Crippen LogP contribution in [-0.2, 0) is 11.3 Å². The summed E-state index contributed by atoms with van der Waals surface area (Å²) in [5.74, 6) is 0.356. The maximum Gasteiger partial charge on any atom is 0.246 e. The molecule has 0 fully saturated rings. The molecular weight excluding hydrogens is 254 g/mol. The van der Waals surface area contributed by atoms with Crippen molar-refractivity contribution in [3.8, 4) is 0 Å². The molecule has 0 aliphatic rings. The second-order valence-corrected chi connectivity index (χ2v) is 5.04. The number of nitrogens with two attached hydrogens (primary N) is 1. The lowest BCUT2D eigenvalue weighted by atomic mass is 9.98. The first-order valence-electron chi connectivity index (χ1n) is 6.51. The van der Waals surface area contributed by atoms with Crippen LogP contribution in [0, 0.1) is 6.92 Å². The highest BCUT2D eigenvalue weighted by Gasteiger charge is 2.12. The van der Waals surface area contributed by atoms with Crippen LogP contribution in [0.1, 0.15) is 30.9 Å². The Morgan fingerprint density at radius 1 is 1.45 bits per heavy atom. The Morgan fingerprint density at radius 3 is 2.80 bits per heavy atom. The number of hydrogen-bond donors (Lipinski definition) is 2. The smallest absolute Gasteiger partial charge is 0.246 e. The first-order chi connectivity index (χ1) is 9.47. The van der Waals surface area contributed by atoms with Crippen LogP contribution in [0.25, 0.3) is 0 Å². The summed E-state index contributed by atoms with van der Waals surface area (Å²) in [4.78, 5) is 15.9. The van der Waals surface area contributed by atoms with E-state index < -0.39 is 0 Å². The van der Waals surface area contributed by atoms with Gasteiger partial charge in [-0.1, -0.05) is 32.0 Å². The maximum atomic E-state index is 12.1. The molecule has 0 saturated heterocycles. The van der Waals surface area contributed by atoms with Gasteiger partial charge in [0.1, 0.15) is 12.9 Å². The van der Waals surface area contributed by atoms with E-state index in [0.29, 0.717) is 5.92 Å². The van der Waals surface area contributed by atoms with Gasteiger partial charge in [0, 0.05) is 5.69 Å². The van der Waals surface area contributed by atoms with Gasteiger partial charge in [-0.15, -0.1) is 5.10 Å². The second kappa shape index (κ2) is 5.73. The average Bonchev–Trinajstić information content (AvgIpc) is 2.77. The van der Waals surface area contributed by atoms with E-state index in [9.17, 15) is 4.79 Å². The summed E-state index contributed by atoms with van der Waals surface area (Å²) in [6.45, 7) is 6.27. The fraction of sp³-hybridized carbons (Fsp3) is 0.357. The van der Waals surface area contributed by atoms with Crippen molar-refractivity contribution >= 4 is 17.5 Å². The van der Waals surface area contributed by atoms with Gasteiger partial charge in [0.2, 0.25) is 11.9 Å². The lowest BCUT2D eigenvalue weighted by Gasteiger charge is -2.16. The van der Waals surface area contributed by atoms with Gasteiger partial charge in [0.25, 0.3) is 0 Å². The molecule has 0 radical (unpaired) electrons. The Balaban J connectivity index is 2.15. The molecule has 0 aliphatic heterocycles. The molecule has 1 aromatic heterocycles. The number of para-hydroxylation sites is 1. The van der Waals surface area contributed by atoms with Gasteiger partial charge < -0.3 is 11.1 Å². The SMILES string of the molecule is Cc1cccc(C(C)C)c1NC(=O)Cn1cnc(N)n1. The molecule has 2 aromatic rings. The summed E-state index contributed by atoms with van der Waals surface area (Å²) < 4.78 is 1.41. The van der Waals surface area contributed by atoms with Crippen LogP contribution in [0.4, 0.5) is 11.6 Å². The molecule has 0 atom stereocenters. The highest BCUT2D eigenvalue weighted by molar-refractivity contribution is 5.92. The molecule has 0 spiro atoms. The molecule has 0 saturated carbocycles. The summed E-state index contributed by atoms with van der Waals surface area (Å²) in [7, 11) is 0. The Kier molecular flexibility index (Phi) is 4.02. The molecule has 3 N–H and O–H groups in total. The number of anilines is 2. The number of hydrogen-bond acceptors (Lipinski definition) is 4. The minimum absolute atomic E-state index is 0.0933. The number of aromatic nitrogens is 3. The van der Waals surface area contributed by atoms with Gasteiger partial charge in [0.15, 0.2) is 0 Å². The first kappa shape index (κ1) is 14.0. The van der Waals surface area contributed by atoms with Crippen molar-refractivity contribution in [3.63, 3.8) is 0 Å². The molecule has 1 aromatic carbocycles. The lowest BCUT2D eigenvalue weighted by Crippen LogP contribution is -2.20. The van der Waals surface area contributed by atoms with Gasteiger partial charge in [-0.2, -0.15) is 0 Å². The molecule has 0 unspecified atom stereocenters. The molecule has 106 valence electrons. The number of nitrogen functional groups attached to an aromatic ring is 1. The van der Waals surface area contributed by atoms with Crippen molar-refractivity contribution in [3.05, 3.63) is 35.7 Å². The van der Waals surface area contributed by atoms with Crippen LogP contribution in [0.15, 0.2) is 24.5 Å². The van der Waals surface area contributed by atoms with Crippen LogP contribution < -0.4 is 11.1 Å². The van der Waals surface area contributed by atoms with Gasteiger partial charge in [-0.25, -0.2) is 9.67 Å². The van der Waals surface area contributed by atoms with E-state index in [1.54, 1.807) is 0 Å². The molecule has 6 nitrogen and oxygen atoms in total. The van der Waals surface area contributed by atoms with Gasteiger partial charge in [-0.05, 0) is 24.0 Å². The predicted molar refractivity (Wildman–Crippen MR) is 78.3 cm³/mol. The molecule has 0 aliphatic carbocycles. The molecule has 1 heterocycles. The minimum Gasteiger partial charge on any atom is -0.367 e. The van der Waals surface area contributed by atoms with E-state index in [4.69, 9.17) is 5.73 Å². The Bertz CT molecular complexity index is 618. The highest BCUT2D eigenvalue weighted by atomic mass is 16.2. The molecular formula is C14H19N5O. The number of amides is 1. The van der Waals surface area contributed by atoms with Gasteiger partial charge >= 0.3 is 0 Å². The van der Waals surface area contributed by atoms with Crippen molar-refractivity contribution in [1.82, 2.24) is 14.8 Å². The number of aryl methyl sites for hydroxylation is 1. The monoisotopic (exact) mass is 273 g/mol. The zero-order chi connectivity index (χ0) is 14.7. The number of carbonyl (C=O) groups excluding carboxylic acids is 1. The lowest BCUT2D eigenvalue weighted by molar-refractivity contribution is -0.116. The van der Waals surface area contributed by atoms with Crippen molar-refractivity contribution < 1.29 is 4.79 Å². The van der Waals surface area contributed by atoms with Crippen LogP contribution >= 0.6 is 0 Å². The summed E-state index contributed by atoms with van der Waals surface area (Å²) in [5, 5.41) is 6.84. The summed E-state index contributed by atoms with van der Waals surface area (Å²) in [6, 6.07) is 6.01. The van der Waals surface area contributed by atoms with Crippen molar-refractivity contribution in [2.45, 2.75) is 33.2 Å². The Morgan fingerprint density at radius 2 is 2.20 bits per heavy atom. The molecule has 20 heavy (non-hydrogen) atoms. The number of nitrogens with one attached hydrogen (secondary N) is 1. The van der Waals surface area contributed by atoms with Gasteiger partial charge in [0.05, 0.1) is 0 Å². The van der Waals surface area contributed by atoms with Crippen LogP contribution in [-0.4, -0.2) is 20.7 Å². The van der Waals surface area contributed by atoms with E-state index in [0.717, 1.165) is 16.8 Å². The largest absolute Gasteiger partial charge is 0.367 e. The molecule has 1 amide bonds. The van der Waals surface area contributed by atoms with Crippen molar-refractivity contribution in [2.24, 2.45) is 0 Å². The van der Waals surface area contributed by atoms with Crippen molar-refractivity contribution in [1.29, 1.82) is 0 Å². The first-order valence-corrected chi connectivity index (χ1v) is 6.51. The van der Waals surface area contributed by atoms with E-state index >= 15 is 0 Å². The fourth-order valence-corrected chi connectivity index (χ4v) is 2.05. The predicted octanol–water partition coefficient (Wildman–Crippen LogP) is 1.93. The standard InChI is InChI=1S/C14H19N5O/c1-9(2)11-6-4-5-10(3)13(11)17-12(20)7-19-8-16-14(15)18-19/h4-6,8-9H,7H2,1-3H3,(H2,15,18)(H,17,20). The van der Waals surface area contributed by atoms with E-state index in [2.05, 4.69) is 29.2 Å². The number of rotatable bonds is 4. The third kappa shape index (κ3) is 3.14. The normalized spacial score (nSPS) is 10.8. The van der Waals surface area contributed by atoms with Crippen LogP contribution in [0.5, 0.6) is 0 Å². The summed E-state index contributed by atoms with van der Waals surface area (Å²) >= 11 is 0. The van der Waals surface area contributed by atoms with E-state index in [1.807, 2.05) is 25.1 Å². The topological polar surface area (TPSA) is 85.8 Å². The quantitative estimate of drug-likeness (QED) is 0.891. The van der Waals surface area contributed by atoms with E-state index in [-0.39, 0.29) is 18.4 Å². The fourth-order valence-electron chi connectivity index (χ4n) is 2.05. The highest BCUT2D eigenvalue weighted by Crippen LogP contribution is 2.27. The van der Waals surface area contributed by atoms with E-state index in [1.165, 1.54) is 11.0 Å². The molecule has 0 bridgehead atoms. The van der Waals surface area contributed by atoms with Gasteiger partial charge in [-0.3, -0.25) is 4.79 Å². The Labute approximate surface area is 118 Å². The van der Waals surface area contributed by atoms with Crippen molar-refractivity contribution in [2.75, 3.05) is 11.1 Å². The summed E-state index contributed by atoms with van der Waals surface area (Å²) in [5.41, 5.74) is 8.46. The van der Waals surface area contributed by atoms with Crippen LogP contribution in [0.3, 0.4) is 0 Å². The zero-order valence-corrected chi connectivity index (χ0v) is 11.9. The second-order valence-electron chi connectivity index (χ2n) is 5.04. The number of nitrogens with zero attached hydrogens (tertiary/aromatic N) is 3. The Hall–Kier alpha value is -2.37. The third-order valence-corrected chi connectivity index (χ3v) is 3.05. The number of benzene rings is 1.